The maximum absolute atomic E-state index is 10.3. The molecular weight excluding hydrogens is 134 g/mol. The molecule has 1 atom stereocenters. The van der Waals surface area contributed by atoms with E-state index in [1.54, 1.807) is 0 Å². The number of aldehydes is 1. The number of esters is 1. The Kier molecular flexibility index (Phi) is 4.49. The van der Waals surface area contributed by atoms with E-state index in [-0.39, 0.29) is 0 Å². The summed E-state index contributed by atoms with van der Waals surface area (Å²) in [6.45, 7) is 1.60. The van der Waals surface area contributed by atoms with Crippen LogP contribution in [0.1, 0.15) is 13.3 Å². The van der Waals surface area contributed by atoms with Crippen LogP contribution in [0.2, 0.25) is 0 Å². The molecule has 4 heteroatoms. The summed E-state index contributed by atoms with van der Waals surface area (Å²) in [5.74, 6) is -0.453. The summed E-state index contributed by atoms with van der Waals surface area (Å²) in [7, 11) is 0. The van der Waals surface area contributed by atoms with E-state index in [9.17, 15) is 9.59 Å². The van der Waals surface area contributed by atoms with E-state index in [1.165, 1.54) is 6.92 Å². The fourth-order valence-electron chi connectivity index (χ4n) is 0.532. The first kappa shape index (κ1) is 9.10. The van der Waals surface area contributed by atoms with Crippen LogP contribution in [-0.2, 0) is 14.3 Å². The summed E-state index contributed by atoms with van der Waals surface area (Å²) in [6, 6.07) is 0. The van der Waals surface area contributed by atoms with Gasteiger partial charge in [0.1, 0.15) is 0 Å². The van der Waals surface area contributed by atoms with E-state index < -0.39 is 12.1 Å². The van der Waals surface area contributed by atoms with Crippen molar-refractivity contribution in [3.05, 3.63) is 0 Å². The van der Waals surface area contributed by atoms with Crippen molar-refractivity contribution in [2.24, 2.45) is 5.73 Å². The highest BCUT2D eigenvalue weighted by atomic mass is 16.5. The molecule has 0 saturated carbocycles. The van der Waals surface area contributed by atoms with Crippen LogP contribution < -0.4 is 5.73 Å². The first-order valence-electron chi connectivity index (χ1n) is 3.03. The van der Waals surface area contributed by atoms with E-state index in [2.05, 4.69) is 4.74 Å². The molecule has 0 aromatic rings. The molecule has 0 aliphatic heterocycles. The normalized spacial score (nSPS) is 12.2. The largest absolute Gasteiger partial charge is 0.455 e. The Hall–Kier alpha value is -0.900. The maximum atomic E-state index is 10.3. The zero-order valence-corrected chi connectivity index (χ0v) is 5.87. The van der Waals surface area contributed by atoms with Gasteiger partial charge in [-0.1, -0.05) is 0 Å². The molecule has 0 aromatic carbocycles. The van der Waals surface area contributed by atoms with Gasteiger partial charge in [-0.3, -0.25) is 9.59 Å². The lowest BCUT2D eigenvalue weighted by molar-refractivity contribution is -0.149. The number of nitrogens with two attached hydrogens (primary N) is 1. The van der Waals surface area contributed by atoms with Gasteiger partial charge in [0.05, 0.1) is 0 Å². The third kappa shape index (κ3) is 4.03. The first-order valence-corrected chi connectivity index (χ1v) is 3.03. The quantitative estimate of drug-likeness (QED) is 0.426. The number of ether oxygens (including phenoxy) is 1. The summed E-state index contributed by atoms with van der Waals surface area (Å²) in [5.41, 5.74) is 5.13. The molecule has 2 N–H and O–H groups in total. The van der Waals surface area contributed by atoms with Crippen molar-refractivity contribution in [1.82, 2.24) is 0 Å². The summed E-state index contributed by atoms with van der Waals surface area (Å²) >= 11 is 0. The SMILES string of the molecule is CC(=O)O[C@H](C=O)CCN. The molecule has 0 aliphatic carbocycles. The lowest BCUT2D eigenvalue weighted by Crippen LogP contribution is -2.21. The summed E-state index contributed by atoms with van der Waals surface area (Å²) < 4.78 is 4.55. The molecule has 0 fully saturated rings. The lowest BCUT2D eigenvalue weighted by Gasteiger charge is -2.07. The standard InChI is InChI=1S/C6H11NO3/c1-5(9)10-6(4-8)2-3-7/h4,6H,2-3,7H2,1H3/t6-/m0/s1. The Morgan fingerprint density at radius 2 is 2.40 bits per heavy atom. The van der Waals surface area contributed by atoms with Crippen molar-refractivity contribution >= 4 is 12.3 Å². The van der Waals surface area contributed by atoms with Gasteiger partial charge < -0.3 is 10.5 Å². The Balaban J connectivity index is 3.59. The second kappa shape index (κ2) is 4.93. The molecule has 58 valence electrons. The predicted molar refractivity (Wildman–Crippen MR) is 35.3 cm³/mol. The van der Waals surface area contributed by atoms with Crippen LogP contribution in [0, 0.1) is 0 Å². The summed E-state index contributed by atoms with van der Waals surface area (Å²) in [4.78, 5) is 20.4. The van der Waals surface area contributed by atoms with Crippen LogP contribution in [0.25, 0.3) is 0 Å². The van der Waals surface area contributed by atoms with Crippen LogP contribution in [0.5, 0.6) is 0 Å². The average molecular weight is 145 g/mol. The Bertz CT molecular complexity index is 124. The molecule has 0 saturated heterocycles. The highest BCUT2D eigenvalue weighted by molar-refractivity contribution is 5.69. The topological polar surface area (TPSA) is 69.4 Å². The van der Waals surface area contributed by atoms with Gasteiger partial charge in [-0.05, 0) is 6.54 Å². The van der Waals surface area contributed by atoms with Crippen molar-refractivity contribution in [2.75, 3.05) is 6.54 Å². The van der Waals surface area contributed by atoms with Crippen molar-refractivity contribution in [3.63, 3.8) is 0 Å². The van der Waals surface area contributed by atoms with Gasteiger partial charge in [-0.15, -0.1) is 0 Å². The summed E-state index contributed by atoms with van der Waals surface area (Å²) in [6.07, 6.45) is 0.305. The molecule has 0 unspecified atom stereocenters. The Morgan fingerprint density at radius 1 is 1.80 bits per heavy atom. The third-order valence-electron chi connectivity index (χ3n) is 0.920. The second-order valence-corrected chi connectivity index (χ2v) is 1.86. The van der Waals surface area contributed by atoms with Gasteiger partial charge in [0, 0.05) is 13.3 Å². The number of carbonyl (C=O) groups excluding carboxylic acids is 2. The Morgan fingerprint density at radius 3 is 2.70 bits per heavy atom. The first-order chi connectivity index (χ1) is 4.70. The van der Waals surface area contributed by atoms with E-state index in [4.69, 9.17) is 5.73 Å². The fraction of sp³-hybridized carbons (Fsp3) is 0.667. The minimum absolute atomic E-state index is 0.344. The molecule has 0 radical (unpaired) electrons. The smallest absolute Gasteiger partial charge is 0.303 e. The second-order valence-electron chi connectivity index (χ2n) is 1.86. The van der Waals surface area contributed by atoms with Crippen molar-refractivity contribution in [1.29, 1.82) is 0 Å². The molecule has 10 heavy (non-hydrogen) atoms. The zero-order valence-electron chi connectivity index (χ0n) is 5.87. The average Bonchev–Trinajstić information content (AvgIpc) is 1.86. The number of hydrogen-bond donors (Lipinski definition) is 1. The number of carbonyl (C=O) groups is 2. The van der Waals surface area contributed by atoms with Crippen molar-refractivity contribution in [3.8, 4) is 0 Å². The molecule has 0 bridgehead atoms. The highest BCUT2D eigenvalue weighted by Gasteiger charge is 2.07. The number of hydrogen-bond acceptors (Lipinski definition) is 4. The van der Waals surface area contributed by atoms with E-state index in [0.29, 0.717) is 19.3 Å². The predicted octanol–water partition coefficient (Wildman–Crippen LogP) is -0.534. The molecule has 0 aliphatic rings. The maximum Gasteiger partial charge on any atom is 0.303 e. The van der Waals surface area contributed by atoms with Gasteiger partial charge in [0.15, 0.2) is 12.4 Å². The third-order valence-corrected chi connectivity index (χ3v) is 0.920. The van der Waals surface area contributed by atoms with Gasteiger partial charge in [-0.25, -0.2) is 0 Å². The van der Waals surface area contributed by atoms with E-state index in [1.807, 2.05) is 0 Å². The fourth-order valence-corrected chi connectivity index (χ4v) is 0.532. The van der Waals surface area contributed by atoms with Crippen LogP contribution in [0.4, 0.5) is 0 Å². The summed E-state index contributed by atoms with van der Waals surface area (Å²) in [5, 5.41) is 0. The van der Waals surface area contributed by atoms with Gasteiger partial charge in [0.25, 0.3) is 0 Å². The lowest BCUT2D eigenvalue weighted by atomic mass is 10.3. The van der Waals surface area contributed by atoms with Crippen molar-refractivity contribution in [2.45, 2.75) is 19.4 Å². The van der Waals surface area contributed by atoms with Gasteiger partial charge in [0.2, 0.25) is 0 Å². The molecule has 4 nitrogen and oxygen atoms in total. The molecule has 0 amide bonds. The van der Waals surface area contributed by atoms with Gasteiger partial charge >= 0.3 is 5.97 Å². The highest BCUT2D eigenvalue weighted by Crippen LogP contribution is 1.92. The zero-order chi connectivity index (χ0) is 7.98. The van der Waals surface area contributed by atoms with Crippen LogP contribution in [0.3, 0.4) is 0 Å². The molecule has 0 rings (SSSR count). The number of rotatable bonds is 4. The van der Waals surface area contributed by atoms with Gasteiger partial charge in [-0.2, -0.15) is 0 Å². The monoisotopic (exact) mass is 145 g/mol. The van der Waals surface area contributed by atoms with E-state index >= 15 is 0 Å². The minimum Gasteiger partial charge on any atom is -0.455 e. The van der Waals surface area contributed by atoms with Crippen LogP contribution >= 0.6 is 0 Å². The van der Waals surface area contributed by atoms with Crippen molar-refractivity contribution < 1.29 is 14.3 Å². The Labute approximate surface area is 59.3 Å². The molecular formula is C6H11NO3. The minimum atomic E-state index is -0.664. The van der Waals surface area contributed by atoms with Crippen LogP contribution in [-0.4, -0.2) is 24.9 Å². The molecule has 0 spiro atoms. The molecule has 0 heterocycles. The van der Waals surface area contributed by atoms with E-state index in [0.717, 1.165) is 0 Å². The van der Waals surface area contributed by atoms with Crippen LogP contribution in [0.15, 0.2) is 0 Å². The molecule has 0 aromatic heterocycles.